The molecule has 0 aromatic carbocycles. The maximum atomic E-state index is 11.6. The fourth-order valence-electron chi connectivity index (χ4n) is 1.41. The van der Waals surface area contributed by atoms with E-state index in [1.165, 1.54) is 7.05 Å². The lowest BCUT2D eigenvalue weighted by molar-refractivity contribution is -0.143. The molecule has 3 atom stereocenters. The molecule has 0 heterocycles. The number of carboxylic acids is 1. The van der Waals surface area contributed by atoms with Crippen LogP contribution in [0.2, 0.25) is 0 Å². The van der Waals surface area contributed by atoms with Crippen molar-refractivity contribution in [3.05, 3.63) is 0 Å². The van der Waals surface area contributed by atoms with Crippen molar-refractivity contribution >= 4 is 30.4 Å². The number of nitrogens with one attached hydrogen (secondary N) is 2. The van der Waals surface area contributed by atoms with Crippen LogP contribution < -0.4 is 10.6 Å². The molecule has 0 bridgehead atoms. The average Bonchev–Trinajstić information content (AvgIpc) is 2.34. The number of rotatable bonds is 7. The van der Waals surface area contributed by atoms with Crippen LogP contribution in [0.15, 0.2) is 0 Å². The summed E-state index contributed by atoms with van der Waals surface area (Å²) >= 11 is 3.62. The Bertz CT molecular complexity index is 348. The first kappa shape index (κ1) is 17.7. The molecule has 0 aliphatic heterocycles. The second-order valence-corrected chi connectivity index (χ2v) is 5.09. The smallest absolute Gasteiger partial charge is 0.319 e. The van der Waals surface area contributed by atoms with Crippen molar-refractivity contribution in [3.63, 3.8) is 0 Å². The molecule has 7 nitrogen and oxygen atoms in total. The second kappa shape index (κ2) is 8.00. The van der Waals surface area contributed by atoms with Gasteiger partial charge in [0.15, 0.2) is 6.10 Å². The maximum Gasteiger partial charge on any atom is 0.319 e. The van der Waals surface area contributed by atoms with Gasteiger partial charge in [0.1, 0.15) is 11.3 Å². The quantitative estimate of drug-likeness (QED) is 0.386. The van der Waals surface area contributed by atoms with E-state index in [0.717, 1.165) is 0 Å². The van der Waals surface area contributed by atoms with Crippen LogP contribution in [0.3, 0.4) is 0 Å². The predicted molar refractivity (Wildman–Crippen MR) is 71.9 cm³/mol. The normalized spacial score (nSPS) is 15.5. The van der Waals surface area contributed by atoms with E-state index in [2.05, 4.69) is 23.3 Å². The topological polar surface area (TPSA) is 116 Å². The lowest BCUT2D eigenvalue weighted by Crippen LogP contribution is -2.52. The first-order chi connectivity index (χ1) is 8.70. The van der Waals surface area contributed by atoms with Crippen LogP contribution in [-0.4, -0.2) is 52.4 Å². The monoisotopic (exact) mass is 292 g/mol. The maximum absolute atomic E-state index is 11.6. The zero-order valence-corrected chi connectivity index (χ0v) is 12.0. The molecule has 19 heavy (non-hydrogen) atoms. The molecule has 0 aromatic rings. The third-order valence-corrected chi connectivity index (χ3v) is 2.91. The van der Waals surface area contributed by atoms with Gasteiger partial charge < -0.3 is 20.8 Å². The summed E-state index contributed by atoms with van der Waals surface area (Å²) in [7, 11) is 1.43. The van der Waals surface area contributed by atoms with E-state index < -0.39 is 35.2 Å². The number of carboxylic acid groups (broad SMARTS) is 1. The van der Waals surface area contributed by atoms with Gasteiger partial charge in [-0.2, -0.15) is 12.6 Å². The Balaban J connectivity index is 4.70. The van der Waals surface area contributed by atoms with Crippen molar-refractivity contribution in [2.24, 2.45) is 5.92 Å². The SMILES string of the molecule is CNC(=O)[C@@H](CC(C)C)NC(=O)[C@@H](O)[C@@H](S)C(=O)O. The number of aliphatic hydroxyl groups excluding tert-OH is 1. The molecular formula is C11H20N2O5S. The molecule has 0 radical (unpaired) electrons. The van der Waals surface area contributed by atoms with E-state index in [1.54, 1.807) is 0 Å². The largest absolute Gasteiger partial charge is 0.480 e. The van der Waals surface area contributed by atoms with Gasteiger partial charge >= 0.3 is 5.97 Å². The molecule has 0 saturated heterocycles. The highest BCUT2D eigenvalue weighted by atomic mass is 32.1. The summed E-state index contributed by atoms with van der Waals surface area (Å²) in [6.07, 6.45) is -1.44. The minimum Gasteiger partial charge on any atom is -0.480 e. The van der Waals surface area contributed by atoms with Crippen LogP contribution in [0.4, 0.5) is 0 Å². The summed E-state index contributed by atoms with van der Waals surface area (Å²) in [4.78, 5) is 33.8. The summed E-state index contributed by atoms with van der Waals surface area (Å²) in [6.45, 7) is 3.74. The fraction of sp³-hybridized carbons (Fsp3) is 0.727. The van der Waals surface area contributed by atoms with Crippen molar-refractivity contribution < 1.29 is 24.6 Å². The Morgan fingerprint density at radius 3 is 2.11 bits per heavy atom. The van der Waals surface area contributed by atoms with Crippen molar-refractivity contribution in [3.8, 4) is 0 Å². The summed E-state index contributed by atoms with van der Waals surface area (Å²) in [6, 6.07) is -0.818. The zero-order valence-electron chi connectivity index (χ0n) is 11.1. The van der Waals surface area contributed by atoms with Crippen LogP contribution in [0, 0.1) is 5.92 Å². The summed E-state index contributed by atoms with van der Waals surface area (Å²) < 4.78 is 0. The molecule has 4 N–H and O–H groups in total. The van der Waals surface area contributed by atoms with E-state index in [4.69, 9.17) is 5.11 Å². The number of thiol groups is 1. The third-order valence-electron chi connectivity index (χ3n) is 2.41. The van der Waals surface area contributed by atoms with Gasteiger partial charge in [-0.3, -0.25) is 14.4 Å². The number of carbonyl (C=O) groups is 3. The van der Waals surface area contributed by atoms with Gasteiger partial charge in [0.2, 0.25) is 5.91 Å². The van der Waals surface area contributed by atoms with Crippen molar-refractivity contribution in [2.75, 3.05) is 7.05 Å². The van der Waals surface area contributed by atoms with Crippen LogP contribution in [-0.2, 0) is 14.4 Å². The van der Waals surface area contributed by atoms with Gasteiger partial charge in [-0.1, -0.05) is 13.8 Å². The molecule has 0 aliphatic rings. The molecule has 0 fully saturated rings. The van der Waals surface area contributed by atoms with Crippen molar-refractivity contribution in [1.29, 1.82) is 0 Å². The third kappa shape index (κ3) is 5.93. The standard InChI is InChI=1S/C11H20N2O5S/c1-5(2)4-6(9(15)12-3)13-10(16)7(14)8(19)11(17)18/h5-8,14,19H,4H2,1-3H3,(H,12,15)(H,13,16)(H,17,18)/t6-,7+,8-/m1/s1. The highest BCUT2D eigenvalue weighted by Crippen LogP contribution is 2.07. The minimum absolute atomic E-state index is 0.144. The molecule has 0 aliphatic carbocycles. The molecule has 0 rings (SSSR count). The molecule has 0 spiro atoms. The number of aliphatic carboxylic acids is 1. The van der Waals surface area contributed by atoms with E-state index in [-0.39, 0.29) is 5.92 Å². The number of carbonyl (C=O) groups excluding carboxylic acids is 2. The number of aliphatic hydroxyl groups is 1. The highest BCUT2D eigenvalue weighted by Gasteiger charge is 2.31. The first-order valence-corrected chi connectivity index (χ1v) is 6.33. The average molecular weight is 292 g/mol. The number of amides is 2. The van der Waals surface area contributed by atoms with Crippen molar-refractivity contribution in [1.82, 2.24) is 10.6 Å². The Labute approximate surface area is 117 Å². The van der Waals surface area contributed by atoms with E-state index in [1.807, 2.05) is 13.8 Å². The Kier molecular flexibility index (Phi) is 7.47. The molecule has 0 saturated carbocycles. The van der Waals surface area contributed by atoms with Crippen LogP contribution >= 0.6 is 12.6 Å². The number of hydrogen-bond donors (Lipinski definition) is 5. The number of likely N-dealkylation sites (N-methyl/N-ethyl adjacent to an activating group) is 1. The van der Waals surface area contributed by atoms with Gasteiger partial charge in [-0.05, 0) is 12.3 Å². The van der Waals surface area contributed by atoms with Gasteiger partial charge in [-0.15, -0.1) is 0 Å². The molecule has 0 unspecified atom stereocenters. The van der Waals surface area contributed by atoms with E-state index >= 15 is 0 Å². The van der Waals surface area contributed by atoms with Crippen molar-refractivity contribution in [2.45, 2.75) is 37.7 Å². The highest BCUT2D eigenvalue weighted by molar-refractivity contribution is 7.81. The second-order valence-electron chi connectivity index (χ2n) is 4.53. The lowest BCUT2D eigenvalue weighted by atomic mass is 10.0. The van der Waals surface area contributed by atoms with Gasteiger partial charge in [0.25, 0.3) is 5.91 Å². The summed E-state index contributed by atoms with van der Waals surface area (Å²) in [5.41, 5.74) is 0. The van der Waals surface area contributed by atoms with Crippen LogP contribution in [0.25, 0.3) is 0 Å². The predicted octanol–water partition coefficient (Wildman–Crippen LogP) is -0.993. The summed E-state index contributed by atoms with van der Waals surface area (Å²) in [5.74, 6) is -2.60. The van der Waals surface area contributed by atoms with Gasteiger partial charge in [-0.25, -0.2) is 0 Å². The Hall–Kier alpha value is -1.28. The first-order valence-electron chi connectivity index (χ1n) is 5.81. The minimum atomic E-state index is -1.82. The lowest BCUT2D eigenvalue weighted by Gasteiger charge is -2.21. The van der Waals surface area contributed by atoms with E-state index in [0.29, 0.717) is 6.42 Å². The van der Waals surface area contributed by atoms with Gasteiger partial charge in [0.05, 0.1) is 0 Å². The van der Waals surface area contributed by atoms with E-state index in [9.17, 15) is 19.5 Å². The summed E-state index contributed by atoms with van der Waals surface area (Å²) in [5, 5.41) is 21.3. The van der Waals surface area contributed by atoms with Crippen LogP contribution in [0.5, 0.6) is 0 Å². The Morgan fingerprint density at radius 1 is 1.21 bits per heavy atom. The fourth-order valence-corrected chi connectivity index (χ4v) is 1.55. The number of hydrogen-bond acceptors (Lipinski definition) is 5. The van der Waals surface area contributed by atoms with Gasteiger partial charge in [0, 0.05) is 7.05 Å². The van der Waals surface area contributed by atoms with Crippen LogP contribution in [0.1, 0.15) is 20.3 Å². The molecule has 0 aromatic heterocycles. The molecule has 8 heteroatoms. The zero-order chi connectivity index (χ0) is 15.2. The molecule has 110 valence electrons. The Morgan fingerprint density at radius 2 is 1.74 bits per heavy atom. The molecular weight excluding hydrogens is 272 g/mol. The molecule has 2 amide bonds.